The second-order valence-corrected chi connectivity index (χ2v) is 4.94. The van der Waals surface area contributed by atoms with Crippen molar-refractivity contribution in [2.45, 2.75) is 25.2 Å². The molecule has 0 radical (unpaired) electrons. The molecule has 1 aliphatic carbocycles. The van der Waals surface area contributed by atoms with Gasteiger partial charge in [-0.1, -0.05) is 6.08 Å². The number of hydrogen-bond donors (Lipinski definition) is 0. The molecular weight excluding hydrogens is 239 g/mol. The normalized spacial score (nSPS) is 14.4. The van der Waals surface area contributed by atoms with Gasteiger partial charge in [0.2, 0.25) is 0 Å². The molecule has 0 atom stereocenters. The van der Waals surface area contributed by atoms with Crippen molar-refractivity contribution in [3.05, 3.63) is 60.3 Å². The number of nitrogens with zero attached hydrogens (tertiary/aromatic N) is 2. The monoisotopic (exact) mass is 254 g/mol. The maximum atomic E-state index is 13.6. The summed E-state index contributed by atoms with van der Waals surface area (Å²) in [5, 5.41) is 0. The van der Waals surface area contributed by atoms with Gasteiger partial charge in [0.15, 0.2) is 0 Å². The predicted octanol–water partition coefficient (Wildman–Crippen LogP) is 3.89. The average Bonchev–Trinajstić information content (AvgIpc) is 3.23. The highest BCUT2D eigenvalue weighted by atomic mass is 19.1. The van der Waals surface area contributed by atoms with Gasteiger partial charge in [-0.2, -0.15) is 0 Å². The number of hydrogen-bond acceptors (Lipinski definition) is 2. The van der Waals surface area contributed by atoms with Gasteiger partial charge < -0.3 is 0 Å². The lowest BCUT2D eigenvalue weighted by Crippen LogP contribution is -1.93. The van der Waals surface area contributed by atoms with Crippen molar-refractivity contribution in [1.82, 2.24) is 9.97 Å². The lowest BCUT2D eigenvalue weighted by molar-refractivity contribution is 0.626. The molecule has 1 fully saturated rings. The SMILES string of the molecule is C=CCc1cc(F)cc(-c2cnc(C3CC3)cn2)c1. The molecule has 96 valence electrons. The molecule has 1 aromatic heterocycles. The van der Waals surface area contributed by atoms with Gasteiger partial charge in [-0.3, -0.25) is 9.97 Å². The van der Waals surface area contributed by atoms with Gasteiger partial charge in [0.05, 0.1) is 17.6 Å². The quantitative estimate of drug-likeness (QED) is 0.773. The van der Waals surface area contributed by atoms with E-state index < -0.39 is 0 Å². The highest BCUT2D eigenvalue weighted by molar-refractivity contribution is 5.59. The summed E-state index contributed by atoms with van der Waals surface area (Å²) in [6, 6.07) is 4.95. The molecule has 0 saturated heterocycles. The Bertz CT molecular complexity index is 601. The number of allylic oxidation sites excluding steroid dienone is 1. The van der Waals surface area contributed by atoms with E-state index in [0.29, 0.717) is 18.0 Å². The molecule has 1 aliphatic rings. The zero-order valence-corrected chi connectivity index (χ0v) is 10.6. The van der Waals surface area contributed by atoms with Gasteiger partial charge in [0, 0.05) is 17.7 Å². The fourth-order valence-electron chi connectivity index (χ4n) is 2.16. The van der Waals surface area contributed by atoms with E-state index in [1.54, 1.807) is 12.3 Å². The fourth-order valence-corrected chi connectivity index (χ4v) is 2.16. The van der Waals surface area contributed by atoms with Crippen LogP contribution in [0.15, 0.2) is 43.2 Å². The molecule has 0 bridgehead atoms. The summed E-state index contributed by atoms with van der Waals surface area (Å²) in [6.07, 6.45) is 8.37. The van der Waals surface area contributed by atoms with Crippen molar-refractivity contribution >= 4 is 0 Å². The van der Waals surface area contributed by atoms with E-state index in [1.807, 2.05) is 12.3 Å². The van der Waals surface area contributed by atoms with Gasteiger partial charge in [-0.25, -0.2) is 4.39 Å². The standard InChI is InChI=1S/C16H15FN2/c1-2-3-11-6-13(8-14(17)7-11)16-10-18-15(9-19-16)12-4-5-12/h2,6-10,12H,1,3-5H2. The molecule has 0 spiro atoms. The second kappa shape index (κ2) is 4.92. The van der Waals surface area contributed by atoms with Crippen molar-refractivity contribution in [1.29, 1.82) is 0 Å². The van der Waals surface area contributed by atoms with Crippen molar-refractivity contribution in [3.63, 3.8) is 0 Å². The minimum absolute atomic E-state index is 0.248. The van der Waals surface area contributed by atoms with Gasteiger partial charge in [-0.05, 0) is 43.0 Å². The Morgan fingerprint density at radius 3 is 2.68 bits per heavy atom. The first-order valence-corrected chi connectivity index (χ1v) is 6.49. The molecule has 3 rings (SSSR count). The van der Waals surface area contributed by atoms with Crippen LogP contribution in [0.2, 0.25) is 0 Å². The molecule has 1 aromatic carbocycles. The van der Waals surface area contributed by atoms with Crippen molar-refractivity contribution < 1.29 is 4.39 Å². The van der Waals surface area contributed by atoms with E-state index in [-0.39, 0.29) is 5.82 Å². The minimum atomic E-state index is -0.248. The smallest absolute Gasteiger partial charge is 0.124 e. The first-order valence-electron chi connectivity index (χ1n) is 6.49. The van der Waals surface area contributed by atoms with Crippen LogP contribution in [0, 0.1) is 5.82 Å². The fraction of sp³-hybridized carbons (Fsp3) is 0.250. The zero-order valence-electron chi connectivity index (χ0n) is 10.6. The third-order valence-electron chi connectivity index (χ3n) is 3.30. The van der Waals surface area contributed by atoms with Crippen LogP contribution in [0.25, 0.3) is 11.3 Å². The number of halogens is 1. The summed E-state index contributed by atoms with van der Waals surface area (Å²) in [5.74, 6) is 0.341. The molecule has 2 aromatic rings. The number of rotatable bonds is 4. The topological polar surface area (TPSA) is 25.8 Å². The Morgan fingerprint density at radius 2 is 2.05 bits per heavy atom. The summed E-state index contributed by atoms with van der Waals surface area (Å²) in [5.41, 5.74) is 3.44. The summed E-state index contributed by atoms with van der Waals surface area (Å²) >= 11 is 0. The number of benzene rings is 1. The lowest BCUT2D eigenvalue weighted by Gasteiger charge is -2.05. The average molecular weight is 254 g/mol. The highest BCUT2D eigenvalue weighted by Gasteiger charge is 2.25. The maximum Gasteiger partial charge on any atom is 0.124 e. The van der Waals surface area contributed by atoms with E-state index in [0.717, 1.165) is 16.8 Å². The Hall–Kier alpha value is -2.03. The van der Waals surface area contributed by atoms with Gasteiger partial charge in [0.1, 0.15) is 5.82 Å². The van der Waals surface area contributed by atoms with Crippen LogP contribution in [0.4, 0.5) is 4.39 Å². The third-order valence-corrected chi connectivity index (χ3v) is 3.30. The maximum absolute atomic E-state index is 13.6. The van der Waals surface area contributed by atoms with E-state index in [4.69, 9.17) is 0 Å². The summed E-state index contributed by atoms with van der Waals surface area (Å²) in [4.78, 5) is 8.81. The van der Waals surface area contributed by atoms with E-state index in [1.165, 1.54) is 25.0 Å². The molecule has 0 aliphatic heterocycles. The van der Waals surface area contributed by atoms with Gasteiger partial charge in [0.25, 0.3) is 0 Å². The highest BCUT2D eigenvalue weighted by Crippen LogP contribution is 2.38. The van der Waals surface area contributed by atoms with Crippen LogP contribution in [-0.4, -0.2) is 9.97 Å². The summed E-state index contributed by atoms with van der Waals surface area (Å²) in [7, 11) is 0. The molecule has 1 saturated carbocycles. The van der Waals surface area contributed by atoms with Crippen molar-refractivity contribution in [2.75, 3.05) is 0 Å². The van der Waals surface area contributed by atoms with E-state index in [2.05, 4.69) is 16.5 Å². The molecule has 3 heteroatoms. The summed E-state index contributed by atoms with van der Waals surface area (Å²) in [6.45, 7) is 3.68. The molecule has 1 heterocycles. The first kappa shape index (κ1) is 12.0. The van der Waals surface area contributed by atoms with Crippen molar-refractivity contribution in [3.8, 4) is 11.3 Å². The van der Waals surface area contributed by atoms with Crippen LogP contribution in [0.1, 0.15) is 30.0 Å². The molecule has 19 heavy (non-hydrogen) atoms. The van der Waals surface area contributed by atoms with Crippen LogP contribution in [-0.2, 0) is 6.42 Å². The molecule has 0 amide bonds. The van der Waals surface area contributed by atoms with Crippen molar-refractivity contribution in [2.24, 2.45) is 0 Å². The van der Waals surface area contributed by atoms with Gasteiger partial charge in [-0.15, -0.1) is 6.58 Å². The largest absolute Gasteiger partial charge is 0.257 e. The zero-order chi connectivity index (χ0) is 13.2. The van der Waals surface area contributed by atoms with Gasteiger partial charge >= 0.3 is 0 Å². The van der Waals surface area contributed by atoms with E-state index >= 15 is 0 Å². The predicted molar refractivity (Wildman–Crippen MR) is 73.3 cm³/mol. The second-order valence-electron chi connectivity index (χ2n) is 4.94. The number of aromatic nitrogens is 2. The van der Waals surface area contributed by atoms with Crippen LogP contribution < -0.4 is 0 Å². The minimum Gasteiger partial charge on any atom is -0.257 e. The lowest BCUT2D eigenvalue weighted by atomic mass is 10.1. The molecule has 0 unspecified atom stereocenters. The molecule has 0 N–H and O–H groups in total. The molecule has 2 nitrogen and oxygen atoms in total. The van der Waals surface area contributed by atoms with E-state index in [9.17, 15) is 4.39 Å². The Morgan fingerprint density at radius 1 is 1.21 bits per heavy atom. The Balaban J connectivity index is 1.93. The van der Waals surface area contributed by atoms with Crippen LogP contribution in [0.3, 0.4) is 0 Å². The molecular formula is C16H15FN2. The first-order chi connectivity index (χ1) is 9.26. The Kier molecular flexibility index (Phi) is 3.11. The summed E-state index contributed by atoms with van der Waals surface area (Å²) < 4.78 is 13.6. The van der Waals surface area contributed by atoms with Crippen LogP contribution >= 0.6 is 0 Å². The van der Waals surface area contributed by atoms with Crippen LogP contribution in [0.5, 0.6) is 0 Å². The third kappa shape index (κ3) is 2.70. The Labute approximate surface area is 112 Å².